The molecule has 2 amide bonds. The van der Waals surface area contributed by atoms with Crippen LogP contribution in [-0.2, 0) is 12.8 Å². The fourth-order valence-electron chi connectivity index (χ4n) is 3.88. The highest BCUT2D eigenvalue weighted by atomic mass is 19.1. The van der Waals surface area contributed by atoms with E-state index in [1.54, 1.807) is 41.1 Å². The van der Waals surface area contributed by atoms with Crippen LogP contribution in [0.3, 0.4) is 0 Å². The number of rotatable bonds is 5. The minimum atomic E-state index is -0.347. The third-order valence-corrected chi connectivity index (χ3v) is 5.55. The molecular formula is C23H21FN4O2. The van der Waals surface area contributed by atoms with E-state index in [0.29, 0.717) is 16.9 Å². The largest absolute Gasteiger partial charge is 0.349 e. The summed E-state index contributed by atoms with van der Waals surface area (Å²) in [5.41, 5.74) is 3.86. The van der Waals surface area contributed by atoms with Gasteiger partial charge in [0.15, 0.2) is 5.69 Å². The molecule has 6 nitrogen and oxygen atoms in total. The summed E-state index contributed by atoms with van der Waals surface area (Å²) in [6.45, 7) is 0. The quantitative estimate of drug-likeness (QED) is 0.682. The molecule has 1 heterocycles. The summed E-state index contributed by atoms with van der Waals surface area (Å²) in [5.74, 6) is -0.849. The molecule has 0 unspecified atom stereocenters. The topological polar surface area (TPSA) is 76.0 Å². The number of amides is 2. The molecule has 1 fully saturated rings. The van der Waals surface area contributed by atoms with Crippen LogP contribution in [0.5, 0.6) is 0 Å². The number of para-hydroxylation sites is 1. The number of nitrogens with zero attached hydrogens (tertiary/aromatic N) is 2. The van der Waals surface area contributed by atoms with Crippen molar-refractivity contribution in [2.45, 2.75) is 38.1 Å². The molecule has 5 rings (SSSR count). The third kappa shape index (κ3) is 3.47. The van der Waals surface area contributed by atoms with E-state index in [9.17, 15) is 14.0 Å². The molecule has 0 radical (unpaired) electrons. The maximum atomic E-state index is 13.3. The Morgan fingerprint density at radius 1 is 1.00 bits per heavy atom. The SMILES string of the molecule is O=C(NC1CC1)c1ccccc1NC(=O)c1nn(-c2ccc(F)cc2)c2c1CCC2. The van der Waals surface area contributed by atoms with Crippen molar-refractivity contribution in [2.75, 3.05) is 5.32 Å². The maximum Gasteiger partial charge on any atom is 0.276 e. The van der Waals surface area contributed by atoms with Crippen LogP contribution < -0.4 is 10.6 Å². The summed E-state index contributed by atoms with van der Waals surface area (Å²) >= 11 is 0. The van der Waals surface area contributed by atoms with Crippen LogP contribution in [0.25, 0.3) is 5.69 Å². The van der Waals surface area contributed by atoms with Crippen molar-refractivity contribution >= 4 is 17.5 Å². The van der Waals surface area contributed by atoms with Gasteiger partial charge in [0, 0.05) is 17.3 Å². The predicted molar refractivity (Wildman–Crippen MR) is 110 cm³/mol. The molecule has 0 bridgehead atoms. The van der Waals surface area contributed by atoms with Crippen molar-refractivity contribution in [3.63, 3.8) is 0 Å². The highest BCUT2D eigenvalue weighted by Gasteiger charge is 2.28. The number of carbonyl (C=O) groups is 2. The number of carbonyl (C=O) groups excluding carboxylic acids is 2. The van der Waals surface area contributed by atoms with E-state index in [1.165, 1.54) is 12.1 Å². The van der Waals surface area contributed by atoms with Gasteiger partial charge < -0.3 is 10.6 Å². The second kappa shape index (κ2) is 7.40. The molecule has 3 aromatic rings. The van der Waals surface area contributed by atoms with Gasteiger partial charge in [-0.15, -0.1) is 0 Å². The van der Waals surface area contributed by atoms with Crippen molar-refractivity contribution in [1.82, 2.24) is 15.1 Å². The fourth-order valence-corrected chi connectivity index (χ4v) is 3.88. The fraction of sp³-hybridized carbons (Fsp3) is 0.261. The molecule has 0 spiro atoms. The molecule has 0 aliphatic heterocycles. The van der Waals surface area contributed by atoms with Gasteiger partial charge in [0.1, 0.15) is 5.82 Å². The number of hydrogen-bond donors (Lipinski definition) is 2. The number of hydrogen-bond acceptors (Lipinski definition) is 3. The molecule has 7 heteroatoms. The van der Waals surface area contributed by atoms with Gasteiger partial charge in [-0.05, 0) is 68.5 Å². The van der Waals surface area contributed by atoms with Crippen LogP contribution in [0.1, 0.15) is 51.4 Å². The minimum absolute atomic E-state index is 0.185. The lowest BCUT2D eigenvalue weighted by Gasteiger charge is -2.11. The Balaban J connectivity index is 1.44. The molecule has 2 N–H and O–H groups in total. The van der Waals surface area contributed by atoms with Gasteiger partial charge in [0.2, 0.25) is 0 Å². The highest BCUT2D eigenvalue weighted by molar-refractivity contribution is 6.09. The summed E-state index contributed by atoms with van der Waals surface area (Å²) in [4.78, 5) is 25.6. The van der Waals surface area contributed by atoms with E-state index in [0.717, 1.165) is 49.0 Å². The van der Waals surface area contributed by atoms with Gasteiger partial charge in [-0.1, -0.05) is 12.1 Å². The number of aromatic nitrogens is 2. The number of halogens is 1. The molecule has 1 aromatic heterocycles. The summed E-state index contributed by atoms with van der Waals surface area (Å²) in [7, 11) is 0. The van der Waals surface area contributed by atoms with E-state index in [2.05, 4.69) is 15.7 Å². The van der Waals surface area contributed by atoms with Gasteiger partial charge >= 0.3 is 0 Å². The first-order valence-corrected chi connectivity index (χ1v) is 10.2. The lowest BCUT2D eigenvalue weighted by atomic mass is 10.1. The van der Waals surface area contributed by atoms with Crippen molar-refractivity contribution in [2.24, 2.45) is 0 Å². The molecule has 2 aromatic carbocycles. The average molecular weight is 404 g/mol. The molecule has 152 valence electrons. The second-order valence-corrected chi connectivity index (χ2v) is 7.76. The van der Waals surface area contributed by atoms with Gasteiger partial charge in [-0.25, -0.2) is 9.07 Å². The van der Waals surface area contributed by atoms with Gasteiger partial charge in [-0.2, -0.15) is 5.10 Å². The number of nitrogens with one attached hydrogen (secondary N) is 2. The first-order chi connectivity index (χ1) is 14.6. The number of fused-ring (bicyclic) bond motifs is 1. The third-order valence-electron chi connectivity index (χ3n) is 5.55. The lowest BCUT2D eigenvalue weighted by Crippen LogP contribution is -2.27. The first-order valence-electron chi connectivity index (χ1n) is 10.2. The second-order valence-electron chi connectivity index (χ2n) is 7.76. The van der Waals surface area contributed by atoms with Crippen LogP contribution in [0.2, 0.25) is 0 Å². The zero-order chi connectivity index (χ0) is 20.7. The lowest BCUT2D eigenvalue weighted by molar-refractivity contribution is 0.0952. The summed E-state index contributed by atoms with van der Waals surface area (Å²) in [6, 6.07) is 13.3. The Morgan fingerprint density at radius 3 is 2.53 bits per heavy atom. The van der Waals surface area contributed by atoms with E-state index in [4.69, 9.17) is 0 Å². The monoisotopic (exact) mass is 404 g/mol. The molecule has 0 saturated heterocycles. The average Bonchev–Trinajstić information content (AvgIpc) is 3.29. The molecule has 2 aliphatic rings. The standard InChI is InChI=1S/C23H21FN4O2/c24-14-8-12-16(13-9-14)28-20-7-3-5-18(20)21(27-28)23(30)26-19-6-2-1-4-17(19)22(29)25-15-10-11-15/h1-2,4,6,8-9,12-13,15H,3,5,7,10-11H2,(H,25,29)(H,26,30). The summed E-state index contributed by atoms with van der Waals surface area (Å²) < 4.78 is 15.0. The zero-order valence-electron chi connectivity index (χ0n) is 16.3. The molecule has 0 atom stereocenters. The Bertz CT molecular complexity index is 1130. The number of anilines is 1. The summed E-state index contributed by atoms with van der Waals surface area (Å²) in [6.07, 6.45) is 4.51. The highest BCUT2D eigenvalue weighted by Crippen LogP contribution is 2.29. The Labute approximate surface area is 173 Å². The maximum absolute atomic E-state index is 13.3. The zero-order valence-corrected chi connectivity index (χ0v) is 16.3. The molecule has 1 saturated carbocycles. The van der Waals surface area contributed by atoms with E-state index in [-0.39, 0.29) is 23.7 Å². The van der Waals surface area contributed by atoms with Crippen LogP contribution in [0, 0.1) is 5.82 Å². The van der Waals surface area contributed by atoms with Gasteiger partial charge in [0.25, 0.3) is 11.8 Å². The van der Waals surface area contributed by atoms with Crippen molar-refractivity contribution in [3.8, 4) is 5.69 Å². The number of benzene rings is 2. The van der Waals surface area contributed by atoms with Crippen LogP contribution in [0.4, 0.5) is 10.1 Å². The van der Waals surface area contributed by atoms with Crippen LogP contribution in [-0.4, -0.2) is 27.6 Å². The Morgan fingerprint density at radius 2 is 1.77 bits per heavy atom. The van der Waals surface area contributed by atoms with Crippen molar-refractivity contribution in [3.05, 3.63) is 76.9 Å². The summed E-state index contributed by atoms with van der Waals surface area (Å²) in [5, 5.41) is 10.4. The van der Waals surface area contributed by atoms with E-state index >= 15 is 0 Å². The first kappa shape index (κ1) is 18.5. The van der Waals surface area contributed by atoms with Crippen LogP contribution >= 0.6 is 0 Å². The van der Waals surface area contributed by atoms with E-state index < -0.39 is 0 Å². The molecular weight excluding hydrogens is 383 g/mol. The van der Waals surface area contributed by atoms with Crippen molar-refractivity contribution in [1.29, 1.82) is 0 Å². The Hall–Kier alpha value is -3.48. The minimum Gasteiger partial charge on any atom is -0.349 e. The van der Waals surface area contributed by atoms with Crippen LogP contribution in [0.15, 0.2) is 48.5 Å². The van der Waals surface area contributed by atoms with Gasteiger partial charge in [-0.3, -0.25) is 9.59 Å². The predicted octanol–water partition coefficient (Wildman–Crippen LogP) is 3.64. The Kier molecular flexibility index (Phi) is 4.58. The van der Waals surface area contributed by atoms with Crippen molar-refractivity contribution < 1.29 is 14.0 Å². The van der Waals surface area contributed by atoms with Gasteiger partial charge in [0.05, 0.1) is 16.9 Å². The molecule has 2 aliphatic carbocycles. The van der Waals surface area contributed by atoms with E-state index in [1.807, 2.05) is 0 Å². The normalized spacial score (nSPS) is 15.0. The smallest absolute Gasteiger partial charge is 0.276 e. The molecule has 30 heavy (non-hydrogen) atoms.